The summed E-state index contributed by atoms with van der Waals surface area (Å²) in [7, 11) is 0. The van der Waals surface area contributed by atoms with Crippen molar-refractivity contribution in [3.8, 4) is 11.1 Å². The van der Waals surface area contributed by atoms with Gasteiger partial charge in [-0.3, -0.25) is 20.2 Å². The van der Waals surface area contributed by atoms with Gasteiger partial charge in [-0.2, -0.15) is 0 Å². The predicted octanol–water partition coefficient (Wildman–Crippen LogP) is 4.02. The van der Waals surface area contributed by atoms with Crippen molar-refractivity contribution in [2.45, 2.75) is 50.7 Å². The first-order valence-corrected chi connectivity index (χ1v) is 13.1. The van der Waals surface area contributed by atoms with Crippen molar-refractivity contribution < 1.29 is 4.79 Å². The second-order valence-electron chi connectivity index (χ2n) is 9.98. The number of rotatable bonds is 7. The number of hydrazine groups is 1. The van der Waals surface area contributed by atoms with Crippen LogP contribution in [0.2, 0.25) is 0 Å². The molecule has 4 aromatic rings. The molecule has 2 fully saturated rings. The maximum Gasteiger partial charge on any atom is 0.224 e. The molecule has 2 saturated heterocycles. The molecule has 4 aromatic heterocycles. The zero-order chi connectivity index (χ0) is 25.2. The highest BCUT2D eigenvalue weighted by molar-refractivity contribution is 5.93. The Kier molecular flexibility index (Phi) is 6.65. The molecule has 4 atom stereocenters. The van der Waals surface area contributed by atoms with Crippen molar-refractivity contribution in [3.05, 3.63) is 72.6 Å². The smallest absolute Gasteiger partial charge is 0.224 e. The van der Waals surface area contributed by atoms with Gasteiger partial charge in [0.15, 0.2) is 0 Å². The topological polar surface area (TPSA) is 120 Å². The number of anilines is 1. The number of nitrogens with zero attached hydrogens (tertiary/aromatic N) is 3. The first-order valence-electron chi connectivity index (χ1n) is 13.1. The van der Waals surface area contributed by atoms with Gasteiger partial charge in [-0.25, -0.2) is 10.4 Å². The van der Waals surface area contributed by atoms with Crippen molar-refractivity contribution in [2.75, 3.05) is 11.9 Å². The number of aromatic nitrogens is 4. The standard InChI is InChI=1S/C28H32N8O/c1-2-3-6-26(37)33-19-10-18(14-30-15-19)23-12-22-25(16-32-23)35-36-27(22)24-11-21-20(7-9-31-28(21)34-24)17-5-4-8-29-13-17/h4-5,7-11,13-15,22-23,25,27,32,35-36H,2-3,6,12,16H2,1H3,(H,31,34)(H,33,37). The van der Waals surface area contributed by atoms with Crippen molar-refractivity contribution in [1.29, 1.82) is 0 Å². The van der Waals surface area contributed by atoms with Crippen LogP contribution in [0, 0.1) is 5.92 Å². The highest BCUT2D eigenvalue weighted by Crippen LogP contribution is 2.40. The lowest BCUT2D eigenvalue weighted by atomic mass is 9.81. The molecule has 0 bridgehead atoms. The lowest BCUT2D eigenvalue weighted by molar-refractivity contribution is -0.116. The third-order valence-electron chi connectivity index (χ3n) is 7.52. The summed E-state index contributed by atoms with van der Waals surface area (Å²) in [5.41, 5.74) is 13.1. The SMILES string of the molecule is CCCCC(=O)Nc1cncc(C2CC3C(CN2)NNC3c2cc3c(-c4cccnc4)ccnc3[nH]2)c1. The molecule has 4 unspecified atom stereocenters. The first-order chi connectivity index (χ1) is 18.2. The van der Waals surface area contributed by atoms with Crippen molar-refractivity contribution in [1.82, 2.24) is 36.1 Å². The molecule has 6 heterocycles. The molecule has 0 spiro atoms. The first kappa shape index (κ1) is 23.7. The zero-order valence-corrected chi connectivity index (χ0v) is 20.9. The summed E-state index contributed by atoms with van der Waals surface area (Å²) in [4.78, 5) is 29.1. The van der Waals surface area contributed by atoms with Gasteiger partial charge in [0.2, 0.25) is 5.91 Å². The van der Waals surface area contributed by atoms with E-state index in [4.69, 9.17) is 0 Å². The van der Waals surface area contributed by atoms with E-state index in [1.807, 2.05) is 36.8 Å². The molecule has 2 aliphatic heterocycles. The van der Waals surface area contributed by atoms with Gasteiger partial charge >= 0.3 is 0 Å². The Balaban J connectivity index is 1.22. The number of hydrogen-bond acceptors (Lipinski definition) is 7. The summed E-state index contributed by atoms with van der Waals surface area (Å²) in [5, 5.41) is 7.76. The monoisotopic (exact) mass is 496 g/mol. The Morgan fingerprint density at radius 3 is 2.92 bits per heavy atom. The lowest BCUT2D eigenvalue weighted by Gasteiger charge is -2.34. The normalized spacial score (nSPS) is 23.2. The number of pyridine rings is 3. The molecular weight excluding hydrogens is 464 g/mol. The maximum atomic E-state index is 12.2. The Labute approximate surface area is 215 Å². The van der Waals surface area contributed by atoms with Gasteiger partial charge < -0.3 is 15.6 Å². The molecule has 0 aliphatic carbocycles. The van der Waals surface area contributed by atoms with Crippen LogP contribution in [0.3, 0.4) is 0 Å². The number of carbonyl (C=O) groups is 1. The quantitative estimate of drug-likeness (QED) is 0.262. The van der Waals surface area contributed by atoms with Gasteiger partial charge in [-0.05, 0) is 48.2 Å². The number of amides is 1. The molecule has 0 radical (unpaired) electrons. The zero-order valence-electron chi connectivity index (χ0n) is 20.9. The molecule has 0 saturated carbocycles. The summed E-state index contributed by atoms with van der Waals surface area (Å²) in [6.45, 7) is 2.93. The number of unbranched alkanes of at least 4 members (excludes halogenated alkanes) is 1. The average Bonchev–Trinajstić information content (AvgIpc) is 3.56. The predicted molar refractivity (Wildman–Crippen MR) is 143 cm³/mol. The number of aromatic amines is 1. The average molecular weight is 497 g/mol. The van der Waals surface area contributed by atoms with Gasteiger partial charge in [0.1, 0.15) is 5.65 Å². The lowest BCUT2D eigenvalue weighted by Crippen LogP contribution is -2.46. The number of piperidine rings is 1. The Bertz CT molecular complexity index is 1390. The van der Waals surface area contributed by atoms with Crippen molar-refractivity contribution in [3.63, 3.8) is 0 Å². The summed E-state index contributed by atoms with van der Waals surface area (Å²) in [6.07, 6.45) is 12.5. The minimum absolute atomic E-state index is 0.0415. The van der Waals surface area contributed by atoms with E-state index in [0.717, 1.165) is 64.9 Å². The van der Waals surface area contributed by atoms with Gasteiger partial charge in [0.25, 0.3) is 0 Å². The molecule has 5 N–H and O–H groups in total. The molecule has 9 nitrogen and oxygen atoms in total. The van der Waals surface area contributed by atoms with Crippen LogP contribution in [-0.2, 0) is 4.79 Å². The van der Waals surface area contributed by atoms with Crippen molar-refractivity contribution in [2.24, 2.45) is 5.92 Å². The third-order valence-corrected chi connectivity index (χ3v) is 7.52. The molecule has 2 aliphatic rings. The van der Waals surface area contributed by atoms with Crippen LogP contribution in [0.1, 0.15) is 55.9 Å². The van der Waals surface area contributed by atoms with Gasteiger partial charge in [-0.1, -0.05) is 19.4 Å². The maximum absolute atomic E-state index is 12.2. The fraction of sp³-hybridized carbons (Fsp3) is 0.357. The molecule has 6 rings (SSSR count). The van der Waals surface area contributed by atoms with Crippen LogP contribution in [0.25, 0.3) is 22.2 Å². The third kappa shape index (κ3) is 4.85. The molecular formula is C28H32N8O. The number of fused-ring (bicyclic) bond motifs is 2. The highest BCUT2D eigenvalue weighted by atomic mass is 16.1. The minimum atomic E-state index is 0.0415. The summed E-state index contributed by atoms with van der Waals surface area (Å²) >= 11 is 0. The summed E-state index contributed by atoms with van der Waals surface area (Å²) < 4.78 is 0. The van der Waals surface area contributed by atoms with E-state index in [2.05, 4.69) is 60.5 Å². The fourth-order valence-corrected chi connectivity index (χ4v) is 5.60. The van der Waals surface area contributed by atoms with E-state index >= 15 is 0 Å². The second kappa shape index (κ2) is 10.4. The number of nitrogens with one attached hydrogen (secondary N) is 5. The van der Waals surface area contributed by atoms with Crippen molar-refractivity contribution >= 4 is 22.6 Å². The van der Waals surface area contributed by atoms with E-state index < -0.39 is 0 Å². The van der Waals surface area contributed by atoms with Crippen LogP contribution in [0.15, 0.2) is 61.3 Å². The van der Waals surface area contributed by atoms with E-state index in [1.54, 1.807) is 12.4 Å². The Morgan fingerprint density at radius 2 is 2.05 bits per heavy atom. The van der Waals surface area contributed by atoms with Crippen LogP contribution in [0.5, 0.6) is 0 Å². The molecule has 9 heteroatoms. The molecule has 37 heavy (non-hydrogen) atoms. The number of carbonyl (C=O) groups excluding carboxylic acids is 1. The summed E-state index contributed by atoms with van der Waals surface area (Å²) in [6, 6.07) is 10.9. The molecule has 190 valence electrons. The number of hydrogen-bond donors (Lipinski definition) is 5. The van der Waals surface area contributed by atoms with Crippen LogP contribution >= 0.6 is 0 Å². The van der Waals surface area contributed by atoms with Crippen LogP contribution < -0.4 is 21.5 Å². The highest BCUT2D eigenvalue weighted by Gasteiger charge is 2.42. The number of H-pyrrole nitrogens is 1. The van der Waals surface area contributed by atoms with E-state index in [0.29, 0.717) is 18.4 Å². The Hall–Kier alpha value is -3.66. The van der Waals surface area contributed by atoms with E-state index in [-0.39, 0.29) is 18.0 Å². The van der Waals surface area contributed by atoms with Gasteiger partial charge in [0, 0.05) is 72.4 Å². The minimum Gasteiger partial charge on any atom is -0.342 e. The van der Waals surface area contributed by atoms with Gasteiger partial charge in [0.05, 0.1) is 17.9 Å². The van der Waals surface area contributed by atoms with E-state index in [9.17, 15) is 4.79 Å². The Morgan fingerprint density at radius 1 is 1.11 bits per heavy atom. The largest absolute Gasteiger partial charge is 0.342 e. The van der Waals surface area contributed by atoms with Crippen LogP contribution in [0.4, 0.5) is 5.69 Å². The van der Waals surface area contributed by atoms with Crippen LogP contribution in [-0.4, -0.2) is 38.4 Å². The van der Waals surface area contributed by atoms with Gasteiger partial charge in [-0.15, -0.1) is 0 Å². The summed E-state index contributed by atoms with van der Waals surface area (Å²) in [5.74, 6) is 0.406. The fourth-order valence-electron chi connectivity index (χ4n) is 5.60. The second-order valence-corrected chi connectivity index (χ2v) is 9.98. The molecule has 0 aromatic carbocycles. The van der Waals surface area contributed by atoms with E-state index in [1.165, 1.54) is 0 Å². The molecule has 1 amide bonds.